The maximum atomic E-state index is 6.03. The molecule has 1 aromatic heterocycles. The number of ether oxygens (including phenoxy) is 1. The first kappa shape index (κ1) is 12.3. The summed E-state index contributed by atoms with van der Waals surface area (Å²) in [5.41, 5.74) is 7.50. The molecule has 0 spiro atoms. The molecular formula is C13H23N3O. The topological polar surface area (TPSA) is 53.1 Å². The molecular weight excluding hydrogens is 214 g/mol. The SMILES string of the molecule is Cc1nn(C)c(OC2CCC(C)C(C)C2)c1N. The van der Waals surface area contributed by atoms with Crippen LogP contribution >= 0.6 is 0 Å². The van der Waals surface area contributed by atoms with Crippen LogP contribution in [-0.2, 0) is 7.05 Å². The van der Waals surface area contributed by atoms with Crippen molar-refractivity contribution in [3.63, 3.8) is 0 Å². The van der Waals surface area contributed by atoms with Crippen molar-refractivity contribution in [1.82, 2.24) is 9.78 Å². The average Bonchev–Trinajstić information content (AvgIpc) is 2.50. The highest BCUT2D eigenvalue weighted by Gasteiger charge is 2.27. The molecule has 4 nitrogen and oxygen atoms in total. The molecule has 1 saturated carbocycles. The van der Waals surface area contributed by atoms with Gasteiger partial charge in [-0.2, -0.15) is 5.10 Å². The maximum Gasteiger partial charge on any atom is 0.236 e. The van der Waals surface area contributed by atoms with Crippen molar-refractivity contribution in [3.05, 3.63) is 5.69 Å². The Labute approximate surface area is 103 Å². The van der Waals surface area contributed by atoms with Crippen molar-refractivity contribution < 1.29 is 4.74 Å². The molecule has 0 saturated heterocycles. The molecule has 1 heterocycles. The number of aryl methyl sites for hydroxylation is 2. The summed E-state index contributed by atoms with van der Waals surface area (Å²) in [4.78, 5) is 0. The molecule has 3 atom stereocenters. The zero-order valence-corrected chi connectivity index (χ0v) is 11.2. The third-order valence-corrected chi connectivity index (χ3v) is 4.04. The van der Waals surface area contributed by atoms with Gasteiger partial charge in [0.05, 0.1) is 5.69 Å². The molecule has 0 aromatic carbocycles. The molecule has 4 heteroatoms. The van der Waals surface area contributed by atoms with Gasteiger partial charge in [0, 0.05) is 7.05 Å². The van der Waals surface area contributed by atoms with Crippen LogP contribution in [0.4, 0.5) is 5.69 Å². The van der Waals surface area contributed by atoms with Crippen molar-refractivity contribution in [2.45, 2.75) is 46.1 Å². The molecule has 0 aliphatic heterocycles. The van der Waals surface area contributed by atoms with Crippen LogP contribution in [0.1, 0.15) is 38.8 Å². The third-order valence-electron chi connectivity index (χ3n) is 4.04. The van der Waals surface area contributed by atoms with E-state index >= 15 is 0 Å². The average molecular weight is 237 g/mol. The fourth-order valence-electron chi connectivity index (χ4n) is 2.56. The summed E-state index contributed by atoms with van der Waals surface area (Å²) in [7, 11) is 1.88. The first-order valence-electron chi connectivity index (χ1n) is 6.44. The predicted molar refractivity (Wildman–Crippen MR) is 69.0 cm³/mol. The maximum absolute atomic E-state index is 6.03. The Morgan fingerprint density at radius 1 is 1.29 bits per heavy atom. The monoisotopic (exact) mass is 237 g/mol. The van der Waals surface area contributed by atoms with E-state index in [1.54, 1.807) is 4.68 Å². The Balaban J connectivity index is 2.06. The van der Waals surface area contributed by atoms with Gasteiger partial charge in [-0.25, -0.2) is 4.68 Å². The van der Waals surface area contributed by atoms with Crippen LogP contribution in [0.15, 0.2) is 0 Å². The Bertz CT molecular complexity index is 400. The predicted octanol–water partition coefficient (Wildman–Crippen LogP) is 2.51. The van der Waals surface area contributed by atoms with Gasteiger partial charge in [0.25, 0.3) is 0 Å². The largest absolute Gasteiger partial charge is 0.473 e. The van der Waals surface area contributed by atoms with Crippen molar-refractivity contribution in [3.8, 4) is 5.88 Å². The van der Waals surface area contributed by atoms with Crippen molar-refractivity contribution in [2.75, 3.05) is 5.73 Å². The summed E-state index contributed by atoms with van der Waals surface area (Å²) < 4.78 is 7.78. The number of anilines is 1. The summed E-state index contributed by atoms with van der Waals surface area (Å²) in [6.07, 6.45) is 3.76. The zero-order valence-electron chi connectivity index (χ0n) is 11.2. The van der Waals surface area contributed by atoms with E-state index in [2.05, 4.69) is 18.9 Å². The van der Waals surface area contributed by atoms with Gasteiger partial charge in [-0.05, 0) is 38.0 Å². The van der Waals surface area contributed by atoms with Gasteiger partial charge in [0.1, 0.15) is 11.8 Å². The van der Waals surface area contributed by atoms with Crippen LogP contribution in [0.5, 0.6) is 5.88 Å². The minimum Gasteiger partial charge on any atom is -0.473 e. The van der Waals surface area contributed by atoms with E-state index in [1.165, 1.54) is 6.42 Å². The van der Waals surface area contributed by atoms with E-state index in [9.17, 15) is 0 Å². The molecule has 1 fully saturated rings. The van der Waals surface area contributed by atoms with Gasteiger partial charge in [-0.1, -0.05) is 13.8 Å². The van der Waals surface area contributed by atoms with E-state index in [-0.39, 0.29) is 0 Å². The lowest BCUT2D eigenvalue weighted by atomic mass is 9.80. The standard InChI is InChI=1S/C13H23N3O/c1-8-5-6-11(7-9(8)2)17-13-12(14)10(3)15-16(13)4/h8-9,11H,5-7,14H2,1-4H3. The van der Waals surface area contributed by atoms with Crippen LogP contribution in [0.25, 0.3) is 0 Å². The minimum atomic E-state index is 0.290. The molecule has 1 aromatic rings. The van der Waals surface area contributed by atoms with Crippen molar-refractivity contribution >= 4 is 5.69 Å². The summed E-state index contributed by atoms with van der Waals surface area (Å²) in [5.74, 6) is 2.26. The first-order valence-corrected chi connectivity index (χ1v) is 6.44. The van der Waals surface area contributed by atoms with E-state index in [0.29, 0.717) is 11.8 Å². The number of aromatic nitrogens is 2. The number of hydrogen-bond donors (Lipinski definition) is 1. The van der Waals surface area contributed by atoms with Gasteiger partial charge in [0.15, 0.2) is 0 Å². The van der Waals surface area contributed by atoms with Gasteiger partial charge < -0.3 is 10.5 Å². The quantitative estimate of drug-likeness (QED) is 0.860. The molecule has 1 aliphatic rings. The van der Waals surface area contributed by atoms with Crippen molar-refractivity contribution in [2.24, 2.45) is 18.9 Å². The van der Waals surface area contributed by atoms with E-state index < -0.39 is 0 Å². The van der Waals surface area contributed by atoms with Crippen LogP contribution < -0.4 is 10.5 Å². The molecule has 2 rings (SSSR count). The Morgan fingerprint density at radius 3 is 2.53 bits per heavy atom. The second-order valence-electron chi connectivity index (χ2n) is 5.44. The fourth-order valence-corrected chi connectivity index (χ4v) is 2.56. The second-order valence-corrected chi connectivity index (χ2v) is 5.44. The number of nitrogens with zero attached hydrogens (tertiary/aromatic N) is 2. The highest BCUT2D eigenvalue weighted by Crippen LogP contribution is 2.33. The minimum absolute atomic E-state index is 0.290. The lowest BCUT2D eigenvalue weighted by molar-refractivity contribution is 0.0931. The Kier molecular flexibility index (Phi) is 3.31. The van der Waals surface area contributed by atoms with E-state index in [0.717, 1.165) is 36.3 Å². The normalized spacial score (nSPS) is 29.3. The molecule has 0 radical (unpaired) electrons. The molecule has 17 heavy (non-hydrogen) atoms. The summed E-state index contributed by atoms with van der Waals surface area (Å²) >= 11 is 0. The van der Waals surface area contributed by atoms with Gasteiger partial charge >= 0.3 is 0 Å². The summed E-state index contributed by atoms with van der Waals surface area (Å²) in [6.45, 7) is 6.54. The molecule has 96 valence electrons. The fraction of sp³-hybridized carbons (Fsp3) is 0.769. The Hall–Kier alpha value is -1.19. The highest BCUT2D eigenvalue weighted by molar-refractivity contribution is 5.52. The number of nitrogens with two attached hydrogens (primary N) is 1. The molecule has 0 bridgehead atoms. The summed E-state index contributed by atoms with van der Waals surface area (Å²) in [5, 5.41) is 4.28. The molecule has 2 N–H and O–H groups in total. The third kappa shape index (κ3) is 2.40. The number of hydrogen-bond acceptors (Lipinski definition) is 3. The second kappa shape index (κ2) is 4.59. The van der Waals surface area contributed by atoms with Crippen LogP contribution in [0.3, 0.4) is 0 Å². The zero-order chi connectivity index (χ0) is 12.6. The number of rotatable bonds is 2. The lowest BCUT2D eigenvalue weighted by Crippen LogP contribution is -2.29. The number of nitrogen functional groups attached to an aromatic ring is 1. The van der Waals surface area contributed by atoms with Gasteiger partial charge in [0.2, 0.25) is 5.88 Å². The molecule has 1 aliphatic carbocycles. The molecule has 3 unspecified atom stereocenters. The Morgan fingerprint density at radius 2 is 2.00 bits per heavy atom. The van der Waals surface area contributed by atoms with Crippen molar-refractivity contribution in [1.29, 1.82) is 0 Å². The van der Waals surface area contributed by atoms with Crippen LogP contribution in [-0.4, -0.2) is 15.9 Å². The van der Waals surface area contributed by atoms with Gasteiger partial charge in [-0.15, -0.1) is 0 Å². The molecule has 0 amide bonds. The van der Waals surface area contributed by atoms with E-state index in [4.69, 9.17) is 10.5 Å². The van der Waals surface area contributed by atoms with Crippen LogP contribution in [0.2, 0.25) is 0 Å². The first-order chi connectivity index (χ1) is 7.99. The summed E-state index contributed by atoms with van der Waals surface area (Å²) in [6, 6.07) is 0. The lowest BCUT2D eigenvalue weighted by Gasteiger charge is -2.32. The smallest absolute Gasteiger partial charge is 0.236 e. The van der Waals surface area contributed by atoms with Gasteiger partial charge in [-0.3, -0.25) is 0 Å². The van der Waals surface area contributed by atoms with Crippen LogP contribution in [0, 0.1) is 18.8 Å². The van der Waals surface area contributed by atoms with E-state index in [1.807, 2.05) is 14.0 Å². The highest BCUT2D eigenvalue weighted by atomic mass is 16.5.